The number of hydrogen-bond acceptors (Lipinski definition) is 3. The lowest BCUT2D eigenvalue weighted by atomic mass is 10.1. The Labute approximate surface area is 109 Å². The molecule has 0 spiro atoms. The molecule has 0 radical (unpaired) electrons. The molecule has 0 saturated heterocycles. The van der Waals surface area contributed by atoms with Gasteiger partial charge in [-0.05, 0) is 42.0 Å². The van der Waals surface area contributed by atoms with Crippen LogP contribution in [0.25, 0.3) is 0 Å². The summed E-state index contributed by atoms with van der Waals surface area (Å²) in [6, 6.07) is 7.56. The number of methoxy groups -OCH3 is 1. The first kappa shape index (κ1) is 13.1. The largest absolute Gasteiger partial charge is 0.465 e. The van der Waals surface area contributed by atoms with Crippen LogP contribution in [0, 0.1) is 11.3 Å². The van der Waals surface area contributed by atoms with E-state index in [0.717, 1.165) is 19.0 Å². The Hall–Kier alpha value is -1.35. The molecule has 2 rings (SSSR count). The first-order valence-electron chi connectivity index (χ1n) is 6.41. The van der Waals surface area contributed by atoms with E-state index in [0.29, 0.717) is 11.0 Å². The summed E-state index contributed by atoms with van der Waals surface area (Å²) in [6.45, 7) is 6.55. The van der Waals surface area contributed by atoms with E-state index >= 15 is 0 Å². The molecule has 1 aliphatic rings. The van der Waals surface area contributed by atoms with Gasteiger partial charge in [0.25, 0.3) is 0 Å². The molecule has 1 saturated carbocycles. The van der Waals surface area contributed by atoms with Crippen LogP contribution in [-0.2, 0) is 11.3 Å². The van der Waals surface area contributed by atoms with Crippen LogP contribution in [0.2, 0.25) is 0 Å². The average molecular weight is 247 g/mol. The molecule has 98 valence electrons. The summed E-state index contributed by atoms with van der Waals surface area (Å²) < 4.78 is 4.67. The quantitative estimate of drug-likeness (QED) is 0.813. The molecule has 1 aliphatic carbocycles. The number of rotatable bonds is 5. The number of hydrogen-bond donors (Lipinski definition) is 1. The Balaban J connectivity index is 1.78. The van der Waals surface area contributed by atoms with Crippen LogP contribution >= 0.6 is 0 Å². The van der Waals surface area contributed by atoms with E-state index in [-0.39, 0.29) is 5.97 Å². The maximum atomic E-state index is 11.3. The van der Waals surface area contributed by atoms with Crippen LogP contribution in [0.4, 0.5) is 0 Å². The van der Waals surface area contributed by atoms with Gasteiger partial charge in [0, 0.05) is 6.54 Å². The zero-order chi connectivity index (χ0) is 13.2. The van der Waals surface area contributed by atoms with Crippen molar-refractivity contribution in [2.45, 2.75) is 26.8 Å². The van der Waals surface area contributed by atoms with E-state index < -0.39 is 0 Å². The van der Waals surface area contributed by atoms with Crippen molar-refractivity contribution >= 4 is 5.97 Å². The summed E-state index contributed by atoms with van der Waals surface area (Å²) in [5.74, 6) is 0.529. The van der Waals surface area contributed by atoms with Crippen molar-refractivity contribution in [1.82, 2.24) is 5.32 Å². The van der Waals surface area contributed by atoms with Gasteiger partial charge in [-0.3, -0.25) is 0 Å². The van der Waals surface area contributed by atoms with Gasteiger partial charge >= 0.3 is 5.97 Å². The first-order chi connectivity index (χ1) is 8.53. The molecule has 1 atom stereocenters. The van der Waals surface area contributed by atoms with E-state index in [1.54, 1.807) is 0 Å². The van der Waals surface area contributed by atoms with Gasteiger partial charge in [-0.1, -0.05) is 26.0 Å². The van der Waals surface area contributed by atoms with Crippen molar-refractivity contribution in [2.24, 2.45) is 11.3 Å². The standard InChI is InChI=1S/C15H21NO2/c1-15(2)8-13(15)10-16-9-11-4-6-12(7-5-11)14(17)18-3/h4-7,13,16H,8-10H2,1-3H3. The van der Waals surface area contributed by atoms with E-state index in [9.17, 15) is 4.79 Å². The molecule has 1 aromatic carbocycles. The maximum absolute atomic E-state index is 11.3. The molecular weight excluding hydrogens is 226 g/mol. The minimum atomic E-state index is -0.283. The second-order valence-corrected chi connectivity index (χ2v) is 5.71. The number of carbonyl (C=O) groups is 1. The second kappa shape index (κ2) is 5.11. The summed E-state index contributed by atoms with van der Waals surface area (Å²) in [5, 5.41) is 3.47. The van der Waals surface area contributed by atoms with Crippen molar-refractivity contribution in [3.8, 4) is 0 Å². The molecular formula is C15H21NO2. The van der Waals surface area contributed by atoms with Gasteiger partial charge < -0.3 is 10.1 Å². The minimum Gasteiger partial charge on any atom is -0.465 e. The minimum absolute atomic E-state index is 0.283. The molecule has 3 nitrogen and oxygen atoms in total. The molecule has 18 heavy (non-hydrogen) atoms. The normalized spacial score (nSPS) is 20.5. The summed E-state index contributed by atoms with van der Waals surface area (Å²) in [4.78, 5) is 11.3. The molecule has 1 unspecified atom stereocenters. The van der Waals surface area contributed by atoms with Crippen molar-refractivity contribution in [3.63, 3.8) is 0 Å². The number of nitrogens with one attached hydrogen (secondary N) is 1. The van der Waals surface area contributed by atoms with Gasteiger partial charge in [0.1, 0.15) is 0 Å². The monoisotopic (exact) mass is 247 g/mol. The Bertz CT molecular complexity index is 423. The van der Waals surface area contributed by atoms with Crippen molar-refractivity contribution in [3.05, 3.63) is 35.4 Å². The van der Waals surface area contributed by atoms with E-state index in [2.05, 4.69) is 23.9 Å². The third-order valence-electron chi connectivity index (χ3n) is 3.81. The summed E-state index contributed by atoms with van der Waals surface area (Å²) in [5.41, 5.74) is 2.33. The molecule has 0 bridgehead atoms. The lowest BCUT2D eigenvalue weighted by Crippen LogP contribution is -2.18. The molecule has 0 heterocycles. The van der Waals surface area contributed by atoms with Gasteiger partial charge in [0.2, 0.25) is 0 Å². The van der Waals surface area contributed by atoms with Crippen LogP contribution in [0.1, 0.15) is 36.2 Å². The third kappa shape index (κ3) is 3.10. The fourth-order valence-corrected chi connectivity index (χ4v) is 2.19. The summed E-state index contributed by atoms with van der Waals surface area (Å²) >= 11 is 0. The summed E-state index contributed by atoms with van der Waals surface area (Å²) in [7, 11) is 1.40. The van der Waals surface area contributed by atoms with Crippen LogP contribution in [0.15, 0.2) is 24.3 Å². The third-order valence-corrected chi connectivity index (χ3v) is 3.81. The Morgan fingerprint density at radius 1 is 1.39 bits per heavy atom. The lowest BCUT2D eigenvalue weighted by Gasteiger charge is -2.07. The van der Waals surface area contributed by atoms with Crippen LogP contribution in [0.5, 0.6) is 0 Å². The van der Waals surface area contributed by atoms with E-state index in [1.807, 2.05) is 24.3 Å². The fourth-order valence-electron chi connectivity index (χ4n) is 2.19. The highest BCUT2D eigenvalue weighted by Gasteiger charge is 2.44. The molecule has 1 aromatic rings. The smallest absolute Gasteiger partial charge is 0.337 e. The zero-order valence-electron chi connectivity index (χ0n) is 11.3. The van der Waals surface area contributed by atoms with Gasteiger partial charge in [-0.15, -0.1) is 0 Å². The number of carbonyl (C=O) groups excluding carboxylic acids is 1. The number of benzene rings is 1. The predicted molar refractivity (Wildman–Crippen MR) is 71.4 cm³/mol. The molecule has 1 N–H and O–H groups in total. The van der Waals surface area contributed by atoms with E-state index in [4.69, 9.17) is 0 Å². The predicted octanol–water partition coefficient (Wildman–Crippen LogP) is 2.61. The van der Waals surface area contributed by atoms with Crippen LogP contribution in [0.3, 0.4) is 0 Å². The lowest BCUT2D eigenvalue weighted by molar-refractivity contribution is 0.0600. The maximum Gasteiger partial charge on any atom is 0.337 e. The van der Waals surface area contributed by atoms with Crippen molar-refractivity contribution < 1.29 is 9.53 Å². The van der Waals surface area contributed by atoms with E-state index in [1.165, 1.54) is 19.1 Å². The molecule has 1 fully saturated rings. The molecule has 3 heteroatoms. The zero-order valence-corrected chi connectivity index (χ0v) is 11.3. The van der Waals surface area contributed by atoms with Crippen molar-refractivity contribution in [2.75, 3.05) is 13.7 Å². The highest BCUT2D eigenvalue weighted by atomic mass is 16.5. The average Bonchev–Trinajstić information content (AvgIpc) is 2.97. The Morgan fingerprint density at radius 3 is 2.50 bits per heavy atom. The highest BCUT2D eigenvalue weighted by Crippen LogP contribution is 2.50. The van der Waals surface area contributed by atoms with Crippen LogP contribution in [-0.4, -0.2) is 19.6 Å². The van der Waals surface area contributed by atoms with Gasteiger partial charge in [-0.2, -0.15) is 0 Å². The molecule has 0 aliphatic heterocycles. The van der Waals surface area contributed by atoms with Crippen LogP contribution < -0.4 is 5.32 Å². The van der Waals surface area contributed by atoms with Crippen molar-refractivity contribution in [1.29, 1.82) is 0 Å². The SMILES string of the molecule is COC(=O)c1ccc(CNCC2CC2(C)C)cc1. The topological polar surface area (TPSA) is 38.3 Å². The number of esters is 1. The first-order valence-corrected chi connectivity index (χ1v) is 6.41. The Morgan fingerprint density at radius 2 is 2.00 bits per heavy atom. The fraction of sp³-hybridized carbons (Fsp3) is 0.533. The number of ether oxygens (including phenoxy) is 1. The van der Waals surface area contributed by atoms with Gasteiger partial charge in [0.15, 0.2) is 0 Å². The molecule has 0 amide bonds. The summed E-state index contributed by atoms with van der Waals surface area (Å²) in [6.07, 6.45) is 1.32. The second-order valence-electron chi connectivity index (χ2n) is 5.71. The molecule has 0 aromatic heterocycles. The van der Waals surface area contributed by atoms with Gasteiger partial charge in [0.05, 0.1) is 12.7 Å². The Kier molecular flexibility index (Phi) is 3.71. The van der Waals surface area contributed by atoms with Gasteiger partial charge in [-0.25, -0.2) is 4.79 Å². The highest BCUT2D eigenvalue weighted by molar-refractivity contribution is 5.89.